The van der Waals surface area contributed by atoms with Crippen molar-refractivity contribution in [3.05, 3.63) is 30.1 Å². The van der Waals surface area contributed by atoms with Gasteiger partial charge in [0.15, 0.2) is 0 Å². The van der Waals surface area contributed by atoms with E-state index in [1.165, 1.54) is 44.2 Å². The van der Waals surface area contributed by atoms with E-state index in [-0.39, 0.29) is 0 Å². The van der Waals surface area contributed by atoms with E-state index < -0.39 is 0 Å². The largest absolute Gasteiger partial charge is 0.328 e. The van der Waals surface area contributed by atoms with Gasteiger partial charge in [-0.1, -0.05) is 6.92 Å². The van der Waals surface area contributed by atoms with Gasteiger partial charge in [-0.3, -0.25) is 4.98 Å². The summed E-state index contributed by atoms with van der Waals surface area (Å²) in [5, 5.41) is 0. The third kappa shape index (κ3) is 4.59. The summed E-state index contributed by atoms with van der Waals surface area (Å²) in [5.74, 6) is 0. The number of hydrogen-bond donors (Lipinski definition) is 1. The summed E-state index contributed by atoms with van der Waals surface area (Å²) in [6.45, 7) is 4.65. The number of nitrogens with zero attached hydrogens (tertiary/aromatic N) is 2. The standard InChI is InChI=1S/C16H27N3/c1-2-12-19(16-5-3-15(17)4-6-16)13-9-14-7-10-18-11-8-14/h7-8,10-11,15-16H,2-6,9,12-13,17H2,1H3. The highest BCUT2D eigenvalue weighted by Gasteiger charge is 2.23. The summed E-state index contributed by atoms with van der Waals surface area (Å²) in [5.41, 5.74) is 7.40. The van der Waals surface area contributed by atoms with E-state index in [1.807, 2.05) is 12.4 Å². The molecule has 0 saturated heterocycles. The maximum absolute atomic E-state index is 6.01. The van der Waals surface area contributed by atoms with Gasteiger partial charge in [-0.05, 0) is 62.8 Å². The molecule has 0 bridgehead atoms. The zero-order valence-corrected chi connectivity index (χ0v) is 12.1. The summed E-state index contributed by atoms with van der Waals surface area (Å²) in [6, 6.07) is 5.45. The van der Waals surface area contributed by atoms with Crippen molar-refractivity contribution in [2.45, 2.75) is 57.5 Å². The molecule has 3 heteroatoms. The van der Waals surface area contributed by atoms with E-state index in [1.54, 1.807) is 0 Å². The molecule has 0 spiro atoms. The van der Waals surface area contributed by atoms with Gasteiger partial charge in [0.1, 0.15) is 0 Å². The van der Waals surface area contributed by atoms with Gasteiger partial charge in [-0.2, -0.15) is 0 Å². The second-order valence-corrected chi connectivity index (χ2v) is 5.71. The smallest absolute Gasteiger partial charge is 0.0270 e. The molecular weight excluding hydrogens is 234 g/mol. The lowest BCUT2D eigenvalue weighted by atomic mass is 9.90. The van der Waals surface area contributed by atoms with Crippen molar-refractivity contribution < 1.29 is 0 Å². The van der Waals surface area contributed by atoms with E-state index in [9.17, 15) is 0 Å². The van der Waals surface area contributed by atoms with Gasteiger partial charge in [0.25, 0.3) is 0 Å². The Labute approximate surface area is 117 Å². The van der Waals surface area contributed by atoms with Gasteiger partial charge < -0.3 is 10.6 Å². The van der Waals surface area contributed by atoms with Crippen molar-refractivity contribution in [3.63, 3.8) is 0 Å². The lowest BCUT2D eigenvalue weighted by Gasteiger charge is -2.36. The molecule has 0 unspecified atom stereocenters. The first-order chi connectivity index (χ1) is 9.29. The van der Waals surface area contributed by atoms with E-state index in [4.69, 9.17) is 5.73 Å². The fourth-order valence-corrected chi connectivity index (χ4v) is 3.05. The summed E-state index contributed by atoms with van der Waals surface area (Å²) >= 11 is 0. The summed E-state index contributed by atoms with van der Waals surface area (Å²) in [4.78, 5) is 6.75. The maximum atomic E-state index is 6.01. The molecule has 1 aliphatic rings. The van der Waals surface area contributed by atoms with Gasteiger partial charge in [0.05, 0.1) is 0 Å². The molecule has 106 valence electrons. The van der Waals surface area contributed by atoms with Crippen molar-refractivity contribution in [2.24, 2.45) is 5.73 Å². The van der Waals surface area contributed by atoms with E-state index in [0.717, 1.165) is 19.0 Å². The van der Waals surface area contributed by atoms with Crippen LogP contribution in [0.5, 0.6) is 0 Å². The van der Waals surface area contributed by atoms with Crippen LogP contribution in [0.15, 0.2) is 24.5 Å². The fraction of sp³-hybridized carbons (Fsp3) is 0.688. The van der Waals surface area contributed by atoms with E-state index in [0.29, 0.717) is 6.04 Å². The molecule has 19 heavy (non-hydrogen) atoms. The third-order valence-corrected chi connectivity index (χ3v) is 4.21. The Hall–Kier alpha value is -0.930. The molecule has 3 nitrogen and oxygen atoms in total. The summed E-state index contributed by atoms with van der Waals surface area (Å²) in [6.07, 6.45) is 11.1. The van der Waals surface area contributed by atoms with Crippen molar-refractivity contribution in [1.82, 2.24) is 9.88 Å². The van der Waals surface area contributed by atoms with Crippen molar-refractivity contribution in [1.29, 1.82) is 0 Å². The van der Waals surface area contributed by atoms with Crippen LogP contribution in [0.3, 0.4) is 0 Å². The van der Waals surface area contributed by atoms with Gasteiger partial charge in [0, 0.05) is 31.0 Å². The third-order valence-electron chi connectivity index (χ3n) is 4.21. The topological polar surface area (TPSA) is 42.2 Å². The van der Waals surface area contributed by atoms with E-state index in [2.05, 4.69) is 28.9 Å². The molecule has 0 aromatic carbocycles. The fourth-order valence-electron chi connectivity index (χ4n) is 3.05. The molecule has 0 aliphatic heterocycles. The van der Waals surface area contributed by atoms with Gasteiger partial charge >= 0.3 is 0 Å². The number of nitrogens with two attached hydrogens (primary N) is 1. The highest BCUT2D eigenvalue weighted by atomic mass is 15.1. The van der Waals surface area contributed by atoms with Crippen LogP contribution in [0.4, 0.5) is 0 Å². The first kappa shape index (κ1) is 14.5. The average Bonchev–Trinajstić information content (AvgIpc) is 2.46. The Morgan fingerprint density at radius 2 is 1.84 bits per heavy atom. The quantitative estimate of drug-likeness (QED) is 0.856. The van der Waals surface area contributed by atoms with Crippen LogP contribution < -0.4 is 5.73 Å². The molecular formula is C16H27N3. The van der Waals surface area contributed by atoms with Gasteiger partial charge in [-0.25, -0.2) is 0 Å². The molecule has 1 fully saturated rings. The van der Waals surface area contributed by atoms with Crippen LogP contribution >= 0.6 is 0 Å². The normalized spacial score (nSPS) is 23.7. The molecule has 0 radical (unpaired) electrons. The lowest BCUT2D eigenvalue weighted by molar-refractivity contribution is 0.151. The van der Waals surface area contributed by atoms with Crippen LogP contribution in [0.1, 0.15) is 44.6 Å². The van der Waals surface area contributed by atoms with Crippen LogP contribution in [-0.2, 0) is 6.42 Å². The summed E-state index contributed by atoms with van der Waals surface area (Å²) < 4.78 is 0. The van der Waals surface area contributed by atoms with Gasteiger partial charge in [0.2, 0.25) is 0 Å². The molecule has 1 aromatic rings. The highest BCUT2D eigenvalue weighted by Crippen LogP contribution is 2.22. The number of rotatable bonds is 6. The maximum Gasteiger partial charge on any atom is 0.0270 e. The minimum atomic E-state index is 0.444. The van der Waals surface area contributed by atoms with E-state index >= 15 is 0 Å². The van der Waals surface area contributed by atoms with Gasteiger partial charge in [-0.15, -0.1) is 0 Å². The van der Waals surface area contributed by atoms with Crippen molar-refractivity contribution >= 4 is 0 Å². The monoisotopic (exact) mass is 261 g/mol. The molecule has 1 aliphatic carbocycles. The first-order valence-corrected chi connectivity index (χ1v) is 7.68. The van der Waals surface area contributed by atoms with Crippen molar-refractivity contribution in [3.8, 4) is 0 Å². The minimum absolute atomic E-state index is 0.444. The van der Waals surface area contributed by atoms with Crippen LogP contribution in [0, 0.1) is 0 Å². The Bertz CT molecular complexity index is 344. The highest BCUT2D eigenvalue weighted by molar-refractivity contribution is 5.10. The zero-order chi connectivity index (χ0) is 13.5. The Morgan fingerprint density at radius 3 is 2.47 bits per heavy atom. The lowest BCUT2D eigenvalue weighted by Crippen LogP contribution is -2.42. The predicted octanol–water partition coefficient (Wildman–Crippen LogP) is 2.61. The van der Waals surface area contributed by atoms with Crippen LogP contribution in [0.2, 0.25) is 0 Å². The first-order valence-electron chi connectivity index (χ1n) is 7.68. The molecule has 1 aromatic heterocycles. The minimum Gasteiger partial charge on any atom is -0.328 e. The molecule has 0 atom stereocenters. The average molecular weight is 261 g/mol. The predicted molar refractivity (Wildman–Crippen MR) is 80.0 cm³/mol. The van der Waals surface area contributed by atoms with Crippen LogP contribution in [0.25, 0.3) is 0 Å². The van der Waals surface area contributed by atoms with Crippen molar-refractivity contribution in [2.75, 3.05) is 13.1 Å². The Morgan fingerprint density at radius 1 is 1.16 bits per heavy atom. The summed E-state index contributed by atoms with van der Waals surface area (Å²) in [7, 11) is 0. The molecule has 2 rings (SSSR count). The number of pyridine rings is 1. The number of aromatic nitrogens is 1. The molecule has 0 amide bonds. The SMILES string of the molecule is CCCN(CCc1ccncc1)C1CCC(N)CC1. The Balaban J connectivity index is 1.85. The molecule has 1 heterocycles. The second-order valence-electron chi connectivity index (χ2n) is 5.71. The Kier molecular flexibility index (Phi) is 5.80. The number of hydrogen-bond acceptors (Lipinski definition) is 3. The molecule has 2 N–H and O–H groups in total. The van der Waals surface area contributed by atoms with Crippen LogP contribution in [-0.4, -0.2) is 35.1 Å². The molecule has 1 saturated carbocycles. The second kappa shape index (κ2) is 7.61. The zero-order valence-electron chi connectivity index (χ0n) is 12.1.